The highest BCUT2D eigenvalue weighted by Crippen LogP contribution is 2.60. The number of hydrogen-bond acceptors (Lipinski definition) is 16. The highest BCUT2D eigenvalue weighted by molar-refractivity contribution is 6.63. The summed E-state index contributed by atoms with van der Waals surface area (Å²) in [4.78, 5) is 0. The van der Waals surface area contributed by atoms with Crippen molar-refractivity contribution >= 4 is 50.3 Å². The average molecular weight is 1840 g/mol. The lowest BCUT2D eigenvalue weighted by molar-refractivity contribution is 0.00578. The molecule has 8 heterocycles. The highest BCUT2D eigenvalue weighted by atomic mass is 16.7. The monoisotopic (exact) mass is 1840 g/mol. The van der Waals surface area contributed by atoms with E-state index in [0.717, 1.165) is 170 Å². The first-order valence-electron chi connectivity index (χ1n) is 51.4. The van der Waals surface area contributed by atoms with E-state index in [1.54, 1.807) is 0 Å². The van der Waals surface area contributed by atoms with E-state index in [4.69, 9.17) is 78.5 Å². The number of benzene rings is 8. The second-order valence-corrected chi connectivity index (χ2v) is 45.6. The fraction of sp³-hybridized carbons (Fsp3) is 0.504. The molecule has 4 aromatic heterocycles. The molecule has 0 unspecified atom stereocenters. The topological polar surface area (TPSA) is 197 Å². The van der Waals surface area contributed by atoms with Gasteiger partial charge in [-0.15, -0.1) is 20.4 Å². The summed E-state index contributed by atoms with van der Waals surface area (Å²) >= 11 is 0. The van der Waals surface area contributed by atoms with Gasteiger partial charge < -0.3 is 37.2 Å². The number of nitrogens with zero attached hydrogens (tertiary/aromatic N) is 12. The second-order valence-electron chi connectivity index (χ2n) is 45.6. The van der Waals surface area contributed by atoms with Gasteiger partial charge in [-0.2, -0.15) is 0 Å². The van der Waals surface area contributed by atoms with Crippen molar-refractivity contribution in [2.45, 2.75) is 362 Å². The molecule has 0 atom stereocenters. The van der Waals surface area contributed by atoms with Gasteiger partial charge in [-0.25, -0.2) is 0 Å². The fourth-order valence-corrected chi connectivity index (χ4v) is 25.0. The first-order chi connectivity index (χ1) is 65.2. The van der Waals surface area contributed by atoms with Crippen LogP contribution in [-0.2, 0) is 85.1 Å². The van der Waals surface area contributed by atoms with Gasteiger partial charge in [0, 0.05) is 49.3 Å². The maximum Gasteiger partial charge on any atom is 0.494 e. The van der Waals surface area contributed by atoms with Crippen molar-refractivity contribution in [2.75, 3.05) is 0 Å². The standard InChI is InChI=1S/C113H140B4N12O8/c1-25-49-110(50-26-2)89-57-73(33-41-81(89)85-45-37-77(61-93(85)110)114-130-101(9,10)102(11,12)131-114)97-65-126(122-118-97)69-109(70-127-66-98(119-123-127)74-34-42-82-86-46-38-78(115-132-103(13,14)104(15,16)133-115)62-94(86)111(51-27-3,52-28-4)90(82)58-74,71-128-67-99(120-124-128)75-35-43-83-87-47-39-79(116-134-105(17,18)106(19,20)135-116)63-95(87)112(53-29-5,54-30-6)91(83)59-75)72-129-68-100(121-125-129)76-36-44-84-88-48-40-80(117-136-107(21,22)108(23,24)137-117)64-96(88)113(55-31-7,56-32-8)92(84)60-76/h33-48,57-68H,25-32,49-56,69-72H2,1-24H3. The molecule has 0 amide bonds. The van der Waals surface area contributed by atoms with E-state index in [9.17, 15) is 0 Å². The van der Waals surface area contributed by atoms with E-state index in [1.807, 2.05) is 18.7 Å². The van der Waals surface area contributed by atoms with Gasteiger partial charge in [-0.3, -0.25) is 18.7 Å². The van der Waals surface area contributed by atoms with E-state index < -0.39 is 78.7 Å². The van der Waals surface area contributed by atoms with Crippen molar-refractivity contribution in [3.63, 3.8) is 0 Å². The van der Waals surface area contributed by atoms with E-state index in [-0.39, 0.29) is 21.7 Å². The number of fused-ring (bicyclic) bond motifs is 12. The summed E-state index contributed by atoms with van der Waals surface area (Å²) in [6.07, 6.45) is 24.4. The smallest absolute Gasteiger partial charge is 0.399 e. The van der Waals surface area contributed by atoms with E-state index in [1.165, 1.54) is 89.0 Å². The van der Waals surface area contributed by atoms with Gasteiger partial charge in [-0.05, 0) is 297 Å². The molecule has 0 saturated carbocycles. The quantitative estimate of drug-likeness (QED) is 0.0361. The Bertz CT molecular complexity index is 5780. The van der Waals surface area contributed by atoms with Crippen LogP contribution in [0.5, 0.6) is 0 Å². The molecule has 8 aromatic carbocycles. The maximum absolute atomic E-state index is 6.76. The van der Waals surface area contributed by atoms with Crippen LogP contribution in [0.15, 0.2) is 170 Å². The van der Waals surface area contributed by atoms with Crippen LogP contribution in [0.1, 0.15) is 313 Å². The molecule has 24 heteroatoms. The van der Waals surface area contributed by atoms with E-state index in [0.29, 0.717) is 26.2 Å². The third-order valence-electron chi connectivity index (χ3n) is 34.4. The highest BCUT2D eigenvalue weighted by Gasteiger charge is 2.58. The maximum atomic E-state index is 6.76. The Hall–Kier alpha value is -9.74. The lowest BCUT2D eigenvalue weighted by Gasteiger charge is -2.33. The third-order valence-corrected chi connectivity index (χ3v) is 34.4. The first kappa shape index (κ1) is 94.8. The number of hydrogen-bond donors (Lipinski definition) is 0. The van der Waals surface area contributed by atoms with Crippen LogP contribution in [-0.4, -0.2) is 133 Å². The molecule has 0 bridgehead atoms. The summed E-state index contributed by atoms with van der Waals surface area (Å²) in [7, 11) is -1.95. The van der Waals surface area contributed by atoms with Crippen LogP contribution in [0.25, 0.3) is 89.5 Å². The van der Waals surface area contributed by atoms with Gasteiger partial charge in [0.2, 0.25) is 0 Å². The molecule has 137 heavy (non-hydrogen) atoms. The Balaban J connectivity index is 0.712. The summed E-state index contributed by atoms with van der Waals surface area (Å²) in [6, 6.07) is 55.6. The molecule has 12 aromatic rings. The molecule has 0 radical (unpaired) electrons. The molecular weight excluding hydrogens is 1700 g/mol. The van der Waals surface area contributed by atoms with Gasteiger partial charge in [0.1, 0.15) is 22.8 Å². The Kier molecular flexibility index (Phi) is 23.8. The SMILES string of the molecule is CCCC1(CCC)c2cc(B3OC(C)(C)C(C)(C)O3)ccc2-c2ccc(-c3cn(CC(Cn4cc(-c5ccc6c(c5)C(CCC)(CCC)c5cc(B7OC(C)(C)C(C)(C)O7)ccc5-6)nn4)(Cn4cc(-c5ccc6c(c5)C(CCC)(CCC)c5cc(B7OC(C)(C)C(C)(C)O7)ccc5-6)nn4)Cn4cc(-c5ccc6c(c5)C(CCC)(CCC)c5cc(B7OC(C)(C)C(C)(C)O7)ccc5-6)nn4)nn3)cc21. The van der Waals surface area contributed by atoms with Gasteiger partial charge in [0.15, 0.2) is 0 Å². The van der Waals surface area contributed by atoms with Crippen molar-refractivity contribution in [1.82, 2.24) is 60.0 Å². The molecule has 4 fully saturated rings. The number of rotatable bonds is 32. The molecule has 4 aliphatic carbocycles. The van der Waals surface area contributed by atoms with Crippen LogP contribution in [0.2, 0.25) is 0 Å². The molecule has 0 N–H and O–H groups in total. The molecule has 4 aliphatic heterocycles. The summed E-state index contributed by atoms with van der Waals surface area (Å²) in [5.41, 5.74) is 26.1. The molecular formula is C113H140B4N12O8. The second kappa shape index (κ2) is 34.3. The summed E-state index contributed by atoms with van der Waals surface area (Å²) in [5, 5.41) is 41.9. The minimum Gasteiger partial charge on any atom is -0.399 e. The van der Waals surface area contributed by atoms with E-state index >= 15 is 0 Å². The predicted molar refractivity (Wildman–Crippen MR) is 551 cm³/mol. The van der Waals surface area contributed by atoms with Gasteiger partial charge >= 0.3 is 28.5 Å². The first-order valence-corrected chi connectivity index (χ1v) is 51.4. The molecule has 0 spiro atoms. The summed E-state index contributed by atoms with van der Waals surface area (Å²) < 4.78 is 62.2. The van der Waals surface area contributed by atoms with Gasteiger partial charge in [0.25, 0.3) is 0 Å². The van der Waals surface area contributed by atoms with Crippen LogP contribution in [0.3, 0.4) is 0 Å². The zero-order valence-electron chi connectivity index (χ0n) is 85.7. The Morgan fingerprint density at radius 3 is 0.555 bits per heavy atom. The van der Waals surface area contributed by atoms with Crippen LogP contribution >= 0.6 is 0 Å². The van der Waals surface area contributed by atoms with Crippen LogP contribution in [0, 0.1) is 5.41 Å². The summed E-state index contributed by atoms with van der Waals surface area (Å²) in [5.74, 6) is 0. The van der Waals surface area contributed by atoms with Crippen molar-refractivity contribution < 1.29 is 37.2 Å². The number of aromatic nitrogens is 12. The van der Waals surface area contributed by atoms with Crippen molar-refractivity contribution in [3.8, 4) is 89.5 Å². The fourth-order valence-electron chi connectivity index (χ4n) is 25.0. The summed E-state index contributed by atoms with van der Waals surface area (Å²) in [6.45, 7) is 54.0. The van der Waals surface area contributed by atoms with Crippen molar-refractivity contribution in [1.29, 1.82) is 0 Å². The zero-order valence-corrected chi connectivity index (χ0v) is 85.7. The van der Waals surface area contributed by atoms with Gasteiger partial charge in [-0.1, -0.05) is 249 Å². The lowest BCUT2D eigenvalue weighted by atomic mass is 9.69. The average Bonchev–Trinajstić information content (AvgIpc) is 1.57. The molecule has 20 rings (SSSR count). The Labute approximate surface area is 813 Å². The van der Waals surface area contributed by atoms with E-state index in [2.05, 4.69) is 337 Å². The third kappa shape index (κ3) is 15.5. The largest absolute Gasteiger partial charge is 0.494 e. The van der Waals surface area contributed by atoms with Crippen LogP contribution < -0.4 is 21.9 Å². The molecule has 8 aliphatic rings. The zero-order chi connectivity index (χ0) is 96.5. The Morgan fingerprint density at radius 2 is 0.387 bits per heavy atom. The molecule has 20 nitrogen and oxygen atoms in total. The minimum absolute atomic E-state index is 0.268. The Morgan fingerprint density at radius 1 is 0.226 bits per heavy atom. The molecule has 4 saturated heterocycles. The van der Waals surface area contributed by atoms with Crippen molar-refractivity contribution in [3.05, 3.63) is 215 Å². The predicted octanol–water partition coefficient (Wildman–Crippen LogP) is 22.5. The van der Waals surface area contributed by atoms with Gasteiger partial charge in [0.05, 0.1) is 95.8 Å². The lowest BCUT2D eigenvalue weighted by Crippen LogP contribution is -2.41. The van der Waals surface area contributed by atoms with Crippen LogP contribution in [0.4, 0.5) is 0 Å². The molecule has 712 valence electrons. The normalized spacial score (nSPS) is 19.8. The van der Waals surface area contributed by atoms with Crippen molar-refractivity contribution in [2.24, 2.45) is 5.41 Å². The minimum atomic E-state index is -0.901.